The predicted octanol–water partition coefficient (Wildman–Crippen LogP) is 4.15. The highest BCUT2D eigenvalue weighted by atomic mass is 32.1. The summed E-state index contributed by atoms with van der Waals surface area (Å²) < 4.78 is 0. The van der Waals surface area contributed by atoms with Gasteiger partial charge in [-0.15, -0.1) is 11.3 Å². The van der Waals surface area contributed by atoms with E-state index >= 15 is 0 Å². The molecule has 1 fully saturated rings. The van der Waals surface area contributed by atoms with E-state index < -0.39 is 0 Å². The van der Waals surface area contributed by atoms with Crippen molar-refractivity contribution in [2.75, 3.05) is 13.1 Å². The van der Waals surface area contributed by atoms with Crippen LogP contribution in [0.3, 0.4) is 0 Å². The summed E-state index contributed by atoms with van der Waals surface area (Å²) in [5.74, 6) is 0.923. The summed E-state index contributed by atoms with van der Waals surface area (Å²) in [5.41, 5.74) is 1.93. The Hall–Kier alpha value is -1.61. The molecule has 3 rings (SSSR count). The van der Waals surface area contributed by atoms with Crippen molar-refractivity contribution in [2.45, 2.75) is 26.2 Å². The molecule has 110 valence electrons. The molecule has 1 aliphatic rings. The molecule has 0 atom stereocenters. The third kappa shape index (κ3) is 3.35. The van der Waals surface area contributed by atoms with Gasteiger partial charge < -0.3 is 4.90 Å². The van der Waals surface area contributed by atoms with Crippen molar-refractivity contribution >= 4 is 17.2 Å². The Balaban J connectivity index is 1.58. The fourth-order valence-corrected chi connectivity index (χ4v) is 3.86. The highest BCUT2D eigenvalue weighted by molar-refractivity contribution is 7.09. The van der Waals surface area contributed by atoms with Crippen LogP contribution in [-0.2, 0) is 6.42 Å². The first-order chi connectivity index (χ1) is 10.2. The summed E-state index contributed by atoms with van der Waals surface area (Å²) in [7, 11) is 0. The summed E-state index contributed by atoms with van der Waals surface area (Å²) in [6, 6.07) is 12.2. The SMILES string of the molecule is Cc1ccccc1C(=O)N1CCC(Cc2cccs2)CC1. The van der Waals surface area contributed by atoms with Gasteiger partial charge in [0.25, 0.3) is 5.91 Å². The number of thiophene rings is 1. The first-order valence-electron chi connectivity index (χ1n) is 7.61. The Labute approximate surface area is 130 Å². The van der Waals surface area contributed by atoms with Gasteiger partial charge in [-0.25, -0.2) is 0 Å². The van der Waals surface area contributed by atoms with Crippen LogP contribution in [0.2, 0.25) is 0 Å². The second-order valence-corrected chi connectivity index (χ2v) is 6.87. The van der Waals surface area contributed by atoms with Crippen LogP contribution in [-0.4, -0.2) is 23.9 Å². The van der Waals surface area contributed by atoms with Crippen LogP contribution in [0.4, 0.5) is 0 Å². The molecule has 0 saturated carbocycles. The lowest BCUT2D eigenvalue weighted by atomic mass is 9.92. The lowest BCUT2D eigenvalue weighted by molar-refractivity contribution is 0.0690. The van der Waals surface area contributed by atoms with Crippen LogP contribution in [0.5, 0.6) is 0 Å². The van der Waals surface area contributed by atoms with Gasteiger partial charge in [0.2, 0.25) is 0 Å². The number of benzene rings is 1. The number of aryl methyl sites for hydroxylation is 1. The minimum atomic E-state index is 0.197. The van der Waals surface area contributed by atoms with Gasteiger partial charge >= 0.3 is 0 Å². The molecule has 1 amide bonds. The third-order valence-electron chi connectivity index (χ3n) is 4.35. The molecule has 21 heavy (non-hydrogen) atoms. The Kier molecular flexibility index (Phi) is 4.39. The lowest BCUT2D eigenvalue weighted by Gasteiger charge is -2.32. The number of likely N-dealkylation sites (tertiary alicyclic amines) is 1. The number of amides is 1. The summed E-state index contributed by atoms with van der Waals surface area (Å²) in [6.45, 7) is 3.79. The lowest BCUT2D eigenvalue weighted by Crippen LogP contribution is -2.39. The molecule has 0 radical (unpaired) electrons. The van der Waals surface area contributed by atoms with Gasteiger partial charge in [-0.05, 0) is 55.2 Å². The van der Waals surface area contributed by atoms with Crippen LogP contribution in [0.15, 0.2) is 41.8 Å². The van der Waals surface area contributed by atoms with E-state index in [1.807, 2.05) is 47.4 Å². The Morgan fingerprint density at radius 3 is 2.62 bits per heavy atom. The summed E-state index contributed by atoms with van der Waals surface area (Å²) >= 11 is 1.84. The second-order valence-electron chi connectivity index (χ2n) is 5.83. The number of hydrogen-bond donors (Lipinski definition) is 0. The van der Waals surface area contributed by atoms with Crippen molar-refractivity contribution in [3.05, 3.63) is 57.8 Å². The maximum absolute atomic E-state index is 12.6. The number of piperidine rings is 1. The normalized spacial score (nSPS) is 16.1. The van der Waals surface area contributed by atoms with Crippen LogP contribution in [0.25, 0.3) is 0 Å². The van der Waals surface area contributed by atoms with Gasteiger partial charge in [-0.2, -0.15) is 0 Å². The molecule has 0 bridgehead atoms. The first kappa shape index (κ1) is 14.3. The molecule has 0 spiro atoms. The number of carbonyl (C=O) groups is 1. The van der Waals surface area contributed by atoms with Crippen molar-refractivity contribution in [3.8, 4) is 0 Å². The molecular formula is C18H21NOS. The zero-order valence-corrected chi connectivity index (χ0v) is 13.2. The molecule has 2 heterocycles. The molecule has 1 aliphatic heterocycles. The van der Waals surface area contributed by atoms with E-state index in [9.17, 15) is 4.79 Å². The van der Waals surface area contributed by atoms with E-state index in [-0.39, 0.29) is 5.91 Å². The number of hydrogen-bond acceptors (Lipinski definition) is 2. The van der Waals surface area contributed by atoms with E-state index in [4.69, 9.17) is 0 Å². The van der Waals surface area contributed by atoms with Gasteiger partial charge in [0.05, 0.1) is 0 Å². The predicted molar refractivity (Wildman–Crippen MR) is 87.8 cm³/mol. The maximum Gasteiger partial charge on any atom is 0.254 e. The molecule has 1 saturated heterocycles. The quantitative estimate of drug-likeness (QED) is 0.833. The third-order valence-corrected chi connectivity index (χ3v) is 5.25. The molecule has 0 unspecified atom stereocenters. The Bertz CT molecular complexity index is 597. The first-order valence-corrected chi connectivity index (χ1v) is 8.49. The van der Waals surface area contributed by atoms with E-state index in [0.717, 1.165) is 43.0 Å². The van der Waals surface area contributed by atoms with Crippen molar-refractivity contribution in [1.82, 2.24) is 4.90 Å². The largest absolute Gasteiger partial charge is 0.339 e. The number of rotatable bonds is 3. The average Bonchev–Trinajstić information content (AvgIpc) is 3.01. The van der Waals surface area contributed by atoms with Crippen molar-refractivity contribution < 1.29 is 4.79 Å². The van der Waals surface area contributed by atoms with Gasteiger partial charge in [0.15, 0.2) is 0 Å². The highest BCUT2D eigenvalue weighted by Crippen LogP contribution is 2.25. The van der Waals surface area contributed by atoms with Crippen molar-refractivity contribution in [2.24, 2.45) is 5.92 Å². The molecule has 2 nitrogen and oxygen atoms in total. The topological polar surface area (TPSA) is 20.3 Å². The minimum Gasteiger partial charge on any atom is -0.339 e. The Morgan fingerprint density at radius 1 is 1.19 bits per heavy atom. The fourth-order valence-electron chi connectivity index (χ4n) is 3.04. The Morgan fingerprint density at radius 2 is 1.95 bits per heavy atom. The van der Waals surface area contributed by atoms with E-state index in [1.165, 1.54) is 11.3 Å². The van der Waals surface area contributed by atoms with Crippen molar-refractivity contribution in [1.29, 1.82) is 0 Å². The van der Waals surface area contributed by atoms with E-state index in [0.29, 0.717) is 0 Å². The van der Waals surface area contributed by atoms with E-state index in [1.54, 1.807) is 0 Å². The van der Waals surface area contributed by atoms with Gasteiger partial charge in [0.1, 0.15) is 0 Å². The van der Waals surface area contributed by atoms with Crippen LogP contribution in [0, 0.1) is 12.8 Å². The number of nitrogens with zero attached hydrogens (tertiary/aromatic N) is 1. The second kappa shape index (κ2) is 6.44. The maximum atomic E-state index is 12.6. The molecule has 2 aromatic rings. The van der Waals surface area contributed by atoms with Crippen LogP contribution < -0.4 is 0 Å². The summed E-state index contributed by atoms with van der Waals surface area (Å²) in [4.78, 5) is 16.1. The van der Waals surface area contributed by atoms with Crippen LogP contribution in [0.1, 0.15) is 33.6 Å². The van der Waals surface area contributed by atoms with Gasteiger partial charge in [-0.1, -0.05) is 24.3 Å². The summed E-state index contributed by atoms with van der Waals surface area (Å²) in [6.07, 6.45) is 3.41. The van der Waals surface area contributed by atoms with Gasteiger partial charge in [0, 0.05) is 23.5 Å². The molecular weight excluding hydrogens is 278 g/mol. The average molecular weight is 299 g/mol. The minimum absolute atomic E-state index is 0.197. The number of carbonyl (C=O) groups excluding carboxylic acids is 1. The molecule has 1 aromatic heterocycles. The zero-order chi connectivity index (χ0) is 14.7. The highest BCUT2D eigenvalue weighted by Gasteiger charge is 2.24. The summed E-state index contributed by atoms with van der Waals surface area (Å²) in [5, 5.41) is 2.15. The zero-order valence-electron chi connectivity index (χ0n) is 12.4. The standard InChI is InChI=1S/C18H21NOS/c1-14-5-2-3-7-17(14)18(20)19-10-8-15(9-11-19)13-16-6-4-12-21-16/h2-7,12,15H,8-11,13H2,1H3. The van der Waals surface area contributed by atoms with Gasteiger partial charge in [-0.3, -0.25) is 4.79 Å². The van der Waals surface area contributed by atoms with E-state index in [2.05, 4.69) is 17.5 Å². The monoisotopic (exact) mass is 299 g/mol. The molecule has 1 aromatic carbocycles. The van der Waals surface area contributed by atoms with Crippen molar-refractivity contribution in [3.63, 3.8) is 0 Å². The van der Waals surface area contributed by atoms with Crippen LogP contribution >= 0.6 is 11.3 Å². The molecule has 3 heteroatoms. The smallest absolute Gasteiger partial charge is 0.254 e. The molecule has 0 N–H and O–H groups in total. The molecule has 0 aliphatic carbocycles. The fraction of sp³-hybridized carbons (Fsp3) is 0.389.